The van der Waals surface area contributed by atoms with Crippen LogP contribution in [0, 0.1) is 22.7 Å². The molecule has 1 unspecified atom stereocenters. The van der Waals surface area contributed by atoms with E-state index >= 15 is 0 Å². The van der Waals surface area contributed by atoms with Crippen molar-refractivity contribution in [1.29, 1.82) is 0 Å². The van der Waals surface area contributed by atoms with Gasteiger partial charge in [0.15, 0.2) is 0 Å². The summed E-state index contributed by atoms with van der Waals surface area (Å²) in [7, 11) is 0. The van der Waals surface area contributed by atoms with Crippen molar-refractivity contribution < 1.29 is 17.5 Å². The van der Waals surface area contributed by atoms with Gasteiger partial charge in [0.25, 0.3) is 0 Å². The second-order valence-electron chi connectivity index (χ2n) is 14.6. The van der Waals surface area contributed by atoms with Crippen LogP contribution in [0.1, 0.15) is 191 Å². The predicted octanol–water partition coefficient (Wildman–Crippen LogP) is 11.2. The van der Waals surface area contributed by atoms with E-state index in [1.165, 1.54) is 128 Å². The van der Waals surface area contributed by atoms with Gasteiger partial charge in [-0.2, -0.15) is 0 Å². The third-order valence-corrected chi connectivity index (χ3v) is 11.6. The molecule has 0 amide bonds. The van der Waals surface area contributed by atoms with Crippen molar-refractivity contribution in [2.75, 3.05) is 0 Å². The third kappa shape index (κ3) is 11.3. The van der Waals surface area contributed by atoms with Crippen LogP contribution < -0.4 is 0 Å². The second-order valence-corrected chi connectivity index (χ2v) is 14.6. The molecule has 0 radical (unpaired) electrons. The van der Waals surface area contributed by atoms with E-state index in [0.29, 0.717) is 29.0 Å². The Bertz CT molecular complexity index is 831. The fraction of sp³-hybridized carbons (Fsp3) is 0.892. The minimum absolute atomic E-state index is 0. The molecular weight excluding hydrogens is 517 g/mol. The standard InChI is InChI=1S/C19H28O.C18H36O2.Mg.2H/c1-18-9-3-4-16(18)15-6-5-13-12-14(20)7-11-19(13,2)17(15)8-10-18;1-2-3-4-5-6-7-8-9-10-11-12-13-14-15-16-17-18(19)20;;;/h13,17H,3-12H2,1-2H3;2-17H2,1H3,(H,19,20);;;/q;;+2;2*-1/t13?,17-,18-,19-;;;;/m0..../s1. The summed E-state index contributed by atoms with van der Waals surface area (Å²) in [4.78, 5) is 22.2. The maximum absolute atomic E-state index is 11.8. The molecule has 0 aromatic heterocycles. The first-order valence-electron chi connectivity index (χ1n) is 17.8. The number of allylic oxidation sites excluding steroid dienone is 2. The van der Waals surface area contributed by atoms with E-state index < -0.39 is 5.97 Å². The number of carboxylic acid groups (broad SMARTS) is 1. The number of fused-ring (bicyclic) bond motifs is 4. The fourth-order valence-corrected chi connectivity index (χ4v) is 8.92. The van der Waals surface area contributed by atoms with E-state index in [-0.39, 0.29) is 25.9 Å². The number of hydrogen-bond acceptors (Lipinski definition) is 2. The van der Waals surface area contributed by atoms with Crippen LogP contribution in [-0.4, -0.2) is 39.9 Å². The summed E-state index contributed by atoms with van der Waals surface area (Å²) in [5.41, 5.74) is 4.73. The molecule has 0 aromatic rings. The van der Waals surface area contributed by atoms with Crippen molar-refractivity contribution in [3.63, 3.8) is 0 Å². The number of aliphatic carboxylic acids is 1. The molecule has 0 aliphatic heterocycles. The topological polar surface area (TPSA) is 54.4 Å². The molecule has 4 aliphatic rings. The summed E-state index contributed by atoms with van der Waals surface area (Å²) in [6.07, 6.45) is 32.7. The van der Waals surface area contributed by atoms with Crippen molar-refractivity contribution in [3.8, 4) is 0 Å². The van der Waals surface area contributed by atoms with Crippen molar-refractivity contribution in [2.24, 2.45) is 22.7 Å². The quantitative estimate of drug-likeness (QED) is 0.112. The van der Waals surface area contributed by atoms with E-state index in [1.807, 2.05) is 11.1 Å². The first-order chi connectivity index (χ1) is 19.3. The van der Waals surface area contributed by atoms with Gasteiger partial charge in [-0.25, -0.2) is 0 Å². The molecule has 3 fully saturated rings. The Balaban J connectivity index is 0.000000767. The van der Waals surface area contributed by atoms with E-state index in [9.17, 15) is 9.59 Å². The van der Waals surface area contributed by atoms with E-state index in [2.05, 4.69) is 20.8 Å². The van der Waals surface area contributed by atoms with Gasteiger partial charge in [-0.15, -0.1) is 0 Å². The summed E-state index contributed by atoms with van der Waals surface area (Å²) in [6.45, 7) is 7.32. The Morgan fingerprint density at radius 2 is 1.34 bits per heavy atom. The van der Waals surface area contributed by atoms with Crippen LogP contribution >= 0.6 is 0 Å². The molecule has 4 atom stereocenters. The van der Waals surface area contributed by atoms with Gasteiger partial charge in [0.1, 0.15) is 5.78 Å². The van der Waals surface area contributed by atoms with E-state index in [4.69, 9.17) is 5.11 Å². The van der Waals surface area contributed by atoms with Gasteiger partial charge in [0.05, 0.1) is 0 Å². The molecule has 0 spiro atoms. The molecule has 234 valence electrons. The van der Waals surface area contributed by atoms with Gasteiger partial charge in [-0.3, -0.25) is 9.59 Å². The van der Waals surface area contributed by atoms with E-state index in [0.717, 1.165) is 38.0 Å². The van der Waals surface area contributed by atoms with Gasteiger partial charge in [0.2, 0.25) is 0 Å². The van der Waals surface area contributed by atoms with Crippen LogP contribution in [0.5, 0.6) is 0 Å². The van der Waals surface area contributed by atoms with Crippen LogP contribution in [0.2, 0.25) is 0 Å². The van der Waals surface area contributed by atoms with E-state index in [1.54, 1.807) is 0 Å². The molecule has 4 rings (SSSR count). The van der Waals surface area contributed by atoms with Crippen LogP contribution in [0.4, 0.5) is 0 Å². The van der Waals surface area contributed by atoms with Crippen LogP contribution in [0.3, 0.4) is 0 Å². The molecule has 41 heavy (non-hydrogen) atoms. The number of carboxylic acids is 1. The van der Waals surface area contributed by atoms with Gasteiger partial charge in [-0.1, -0.05) is 122 Å². The number of unbranched alkanes of at least 4 members (excludes halogenated alkanes) is 14. The summed E-state index contributed by atoms with van der Waals surface area (Å²) in [5, 5.41) is 8.52. The number of ketones is 1. The predicted molar refractivity (Wildman–Crippen MR) is 177 cm³/mol. The summed E-state index contributed by atoms with van der Waals surface area (Å²) >= 11 is 0. The molecule has 1 N–H and O–H groups in total. The van der Waals surface area contributed by atoms with Crippen molar-refractivity contribution >= 4 is 34.8 Å². The minimum atomic E-state index is -0.653. The molecule has 4 heteroatoms. The van der Waals surface area contributed by atoms with Crippen molar-refractivity contribution in [3.05, 3.63) is 11.1 Å². The molecule has 0 bridgehead atoms. The average molecular weight is 583 g/mol. The maximum Gasteiger partial charge on any atom is 2.00 e. The second kappa shape index (κ2) is 19.1. The Morgan fingerprint density at radius 1 is 0.780 bits per heavy atom. The van der Waals surface area contributed by atoms with Crippen LogP contribution in [-0.2, 0) is 9.59 Å². The molecule has 3 saturated carbocycles. The Labute approximate surface area is 273 Å². The fourth-order valence-electron chi connectivity index (χ4n) is 8.92. The smallest absolute Gasteiger partial charge is 1.00 e. The molecular formula is C37H66MgO3. The Morgan fingerprint density at radius 3 is 1.90 bits per heavy atom. The number of Topliss-reactive ketones (excluding diaryl/α,β-unsaturated/α-hetero) is 1. The summed E-state index contributed by atoms with van der Waals surface area (Å²) in [5.74, 6) is 1.38. The molecule has 0 saturated heterocycles. The minimum Gasteiger partial charge on any atom is -1.00 e. The maximum atomic E-state index is 11.8. The van der Waals surface area contributed by atoms with Crippen molar-refractivity contribution in [1.82, 2.24) is 0 Å². The van der Waals surface area contributed by atoms with Gasteiger partial charge < -0.3 is 7.96 Å². The first kappa shape index (κ1) is 36.8. The zero-order valence-electron chi connectivity index (χ0n) is 29.5. The number of carbonyl (C=O) groups excluding carboxylic acids is 1. The van der Waals surface area contributed by atoms with Crippen LogP contribution in [0.25, 0.3) is 0 Å². The molecule has 0 aromatic carbocycles. The zero-order chi connectivity index (χ0) is 28.8. The monoisotopic (exact) mass is 582 g/mol. The molecule has 0 heterocycles. The molecule has 3 nitrogen and oxygen atoms in total. The average Bonchev–Trinajstić information content (AvgIpc) is 3.33. The third-order valence-electron chi connectivity index (χ3n) is 11.6. The Hall–Kier alpha value is -0.354. The summed E-state index contributed by atoms with van der Waals surface area (Å²) in [6, 6.07) is 0. The van der Waals surface area contributed by atoms with Crippen molar-refractivity contribution in [2.45, 2.75) is 188 Å². The zero-order valence-corrected chi connectivity index (χ0v) is 28.9. The van der Waals surface area contributed by atoms with Gasteiger partial charge in [0, 0.05) is 19.3 Å². The van der Waals surface area contributed by atoms with Crippen LogP contribution in [0.15, 0.2) is 11.1 Å². The normalized spacial score (nSPS) is 28.6. The first-order valence-corrected chi connectivity index (χ1v) is 17.8. The molecule has 4 aliphatic carbocycles. The summed E-state index contributed by atoms with van der Waals surface area (Å²) < 4.78 is 0. The number of hydrogen-bond donors (Lipinski definition) is 1. The van der Waals surface area contributed by atoms with Gasteiger partial charge >= 0.3 is 29.0 Å². The SMILES string of the molecule is CCCCCCCCCCCCCCCCCC(=O)O.C[C@@]12CCCC1=C1CCC3CC(=O)CC[C@]3(C)[C@H]1CC2.[H-].[H-].[Mg+2]. The largest absolute Gasteiger partial charge is 2.00 e. The van der Waals surface area contributed by atoms with Gasteiger partial charge in [-0.05, 0) is 80.5 Å². The number of carbonyl (C=O) groups is 2. The number of rotatable bonds is 16. The Kier molecular flexibility index (Phi) is 17.2.